The Morgan fingerprint density at radius 2 is 2.00 bits per heavy atom. The molecule has 2 N–H and O–H groups in total. The largest absolute Gasteiger partial charge is 0.330 e. The van der Waals surface area contributed by atoms with Crippen molar-refractivity contribution in [3.63, 3.8) is 0 Å². The lowest BCUT2D eigenvalue weighted by atomic mass is 9.85. The summed E-state index contributed by atoms with van der Waals surface area (Å²) in [5, 5.41) is 4.26. The highest BCUT2D eigenvalue weighted by molar-refractivity contribution is 5.28. The smallest absolute Gasteiger partial charge is 0.246 e. The normalized spacial score (nSPS) is 14.5. The van der Waals surface area contributed by atoms with Crippen LogP contribution in [0.3, 0.4) is 0 Å². The molecular weight excluding hydrogens is 212 g/mol. The summed E-state index contributed by atoms with van der Waals surface area (Å²) in [7, 11) is 1.73. The minimum absolute atomic E-state index is 0.0631. The Morgan fingerprint density at radius 3 is 2.38 bits per heavy atom. The molecule has 0 radical (unpaired) electrons. The minimum atomic E-state index is -2.45. The lowest BCUT2D eigenvalue weighted by Gasteiger charge is -2.21. The van der Waals surface area contributed by atoms with E-state index in [1.165, 1.54) is 0 Å². The molecule has 0 aliphatic carbocycles. The standard InChI is InChI=1S/C11H19F2N3/c1-11(2,3)9-8(6-16(4)15-9)7(5-14)10(12)13/h6-7,10H,5,14H2,1-4H3. The zero-order valence-electron chi connectivity index (χ0n) is 10.2. The molecule has 1 atom stereocenters. The molecule has 0 spiro atoms. The fourth-order valence-electron chi connectivity index (χ4n) is 1.73. The van der Waals surface area contributed by atoms with Gasteiger partial charge in [0.05, 0.1) is 11.6 Å². The van der Waals surface area contributed by atoms with E-state index in [1.54, 1.807) is 17.9 Å². The molecule has 0 amide bonds. The Kier molecular flexibility index (Phi) is 3.68. The quantitative estimate of drug-likeness (QED) is 0.865. The van der Waals surface area contributed by atoms with Crippen LogP contribution < -0.4 is 5.73 Å². The first-order valence-corrected chi connectivity index (χ1v) is 5.29. The van der Waals surface area contributed by atoms with Crippen molar-refractivity contribution in [2.24, 2.45) is 12.8 Å². The number of alkyl halides is 2. The molecule has 0 bridgehead atoms. The fraction of sp³-hybridized carbons (Fsp3) is 0.727. The maximum absolute atomic E-state index is 12.8. The van der Waals surface area contributed by atoms with Crippen molar-refractivity contribution in [3.8, 4) is 0 Å². The van der Waals surface area contributed by atoms with E-state index in [9.17, 15) is 8.78 Å². The van der Waals surface area contributed by atoms with E-state index in [2.05, 4.69) is 5.10 Å². The van der Waals surface area contributed by atoms with Gasteiger partial charge in [-0.3, -0.25) is 4.68 Å². The molecule has 0 aromatic carbocycles. The topological polar surface area (TPSA) is 43.8 Å². The minimum Gasteiger partial charge on any atom is -0.330 e. The van der Waals surface area contributed by atoms with Gasteiger partial charge in [-0.05, 0) is 0 Å². The van der Waals surface area contributed by atoms with E-state index in [-0.39, 0.29) is 12.0 Å². The van der Waals surface area contributed by atoms with Gasteiger partial charge in [0.2, 0.25) is 6.43 Å². The molecule has 1 aromatic heterocycles. The van der Waals surface area contributed by atoms with Crippen LogP contribution in [0.2, 0.25) is 0 Å². The predicted molar refractivity (Wildman–Crippen MR) is 59.7 cm³/mol. The second kappa shape index (κ2) is 4.49. The number of nitrogens with zero attached hydrogens (tertiary/aromatic N) is 2. The van der Waals surface area contributed by atoms with Crippen LogP contribution in [0, 0.1) is 0 Å². The second-order valence-corrected chi connectivity index (χ2v) is 5.03. The second-order valence-electron chi connectivity index (χ2n) is 5.03. The molecular formula is C11H19F2N3. The highest BCUT2D eigenvalue weighted by Gasteiger charge is 2.30. The summed E-state index contributed by atoms with van der Waals surface area (Å²) in [5.74, 6) is -0.928. The third kappa shape index (κ3) is 2.58. The van der Waals surface area contributed by atoms with Gasteiger partial charge < -0.3 is 5.73 Å². The molecule has 1 rings (SSSR count). The summed E-state index contributed by atoms with van der Waals surface area (Å²) in [4.78, 5) is 0. The predicted octanol–water partition coefficient (Wildman–Crippen LogP) is 2.02. The van der Waals surface area contributed by atoms with E-state index in [4.69, 9.17) is 5.73 Å². The lowest BCUT2D eigenvalue weighted by molar-refractivity contribution is 0.116. The van der Waals surface area contributed by atoms with E-state index in [1.807, 2.05) is 20.8 Å². The molecule has 16 heavy (non-hydrogen) atoms. The van der Waals surface area contributed by atoms with Crippen LogP contribution in [0.5, 0.6) is 0 Å². The van der Waals surface area contributed by atoms with Crippen LogP contribution in [0.1, 0.15) is 37.9 Å². The van der Waals surface area contributed by atoms with Crippen molar-refractivity contribution in [1.29, 1.82) is 0 Å². The molecule has 0 saturated heterocycles. The molecule has 1 aromatic rings. The van der Waals surface area contributed by atoms with E-state index >= 15 is 0 Å². The maximum Gasteiger partial charge on any atom is 0.246 e. The first kappa shape index (κ1) is 13.1. The number of halogens is 2. The summed E-state index contributed by atoms with van der Waals surface area (Å²) in [6.45, 7) is 5.81. The Morgan fingerprint density at radius 1 is 1.44 bits per heavy atom. The SMILES string of the molecule is Cn1cc(C(CN)C(F)F)c(C(C)(C)C)n1. The van der Waals surface area contributed by atoms with Crippen LogP contribution >= 0.6 is 0 Å². The third-order valence-electron chi connectivity index (χ3n) is 2.53. The maximum atomic E-state index is 12.8. The molecule has 0 aliphatic rings. The number of aryl methyl sites for hydroxylation is 1. The zero-order chi connectivity index (χ0) is 12.5. The summed E-state index contributed by atoms with van der Waals surface area (Å²) in [6, 6.07) is 0. The van der Waals surface area contributed by atoms with Crippen molar-refractivity contribution in [1.82, 2.24) is 9.78 Å². The summed E-state index contributed by atoms with van der Waals surface area (Å²) >= 11 is 0. The summed E-state index contributed by atoms with van der Waals surface area (Å²) < 4.78 is 27.3. The third-order valence-corrected chi connectivity index (χ3v) is 2.53. The highest BCUT2D eigenvalue weighted by Crippen LogP contribution is 2.31. The van der Waals surface area contributed by atoms with Crippen LogP contribution in [0.4, 0.5) is 8.78 Å². The highest BCUT2D eigenvalue weighted by atomic mass is 19.3. The molecule has 3 nitrogen and oxygen atoms in total. The van der Waals surface area contributed by atoms with Crippen molar-refractivity contribution < 1.29 is 8.78 Å². The van der Waals surface area contributed by atoms with Crippen molar-refractivity contribution >= 4 is 0 Å². The molecule has 92 valence electrons. The first-order chi connectivity index (χ1) is 7.27. The molecule has 0 fully saturated rings. The van der Waals surface area contributed by atoms with Gasteiger partial charge in [-0.15, -0.1) is 0 Å². The average Bonchev–Trinajstić information content (AvgIpc) is 2.47. The Hall–Kier alpha value is -0.970. The van der Waals surface area contributed by atoms with Gasteiger partial charge in [0.1, 0.15) is 0 Å². The number of nitrogens with two attached hydrogens (primary N) is 1. The van der Waals surface area contributed by atoms with Crippen molar-refractivity contribution in [3.05, 3.63) is 17.5 Å². The fourth-order valence-corrected chi connectivity index (χ4v) is 1.73. The molecule has 0 aliphatic heterocycles. The molecule has 1 unspecified atom stereocenters. The summed E-state index contributed by atoms with van der Waals surface area (Å²) in [6.07, 6.45) is -0.806. The number of hydrogen-bond acceptors (Lipinski definition) is 2. The van der Waals surface area contributed by atoms with Gasteiger partial charge in [0.25, 0.3) is 0 Å². The van der Waals surface area contributed by atoms with Crippen LogP contribution in [0.25, 0.3) is 0 Å². The van der Waals surface area contributed by atoms with Gasteiger partial charge in [0.15, 0.2) is 0 Å². The summed E-state index contributed by atoms with van der Waals surface area (Å²) in [5.41, 5.74) is 6.42. The van der Waals surface area contributed by atoms with Gasteiger partial charge in [0, 0.05) is 30.8 Å². The van der Waals surface area contributed by atoms with Crippen molar-refractivity contribution in [2.75, 3.05) is 6.54 Å². The number of aromatic nitrogens is 2. The monoisotopic (exact) mass is 231 g/mol. The number of hydrogen-bond donors (Lipinski definition) is 1. The van der Waals surface area contributed by atoms with Crippen LogP contribution in [-0.4, -0.2) is 22.8 Å². The molecule has 5 heteroatoms. The van der Waals surface area contributed by atoms with Gasteiger partial charge in [-0.25, -0.2) is 8.78 Å². The average molecular weight is 231 g/mol. The van der Waals surface area contributed by atoms with Gasteiger partial charge >= 0.3 is 0 Å². The zero-order valence-corrected chi connectivity index (χ0v) is 10.2. The van der Waals surface area contributed by atoms with Gasteiger partial charge in [-0.2, -0.15) is 5.10 Å². The Labute approximate surface area is 94.6 Å². The van der Waals surface area contributed by atoms with E-state index < -0.39 is 12.3 Å². The lowest BCUT2D eigenvalue weighted by Crippen LogP contribution is -2.23. The Balaban J connectivity index is 3.21. The van der Waals surface area contributed by atoms with Crippen LogP contribution in [0.15, 0.2) is 6.20 Å². The van der Waals surface area contributed by atoms with Crippen LogP contribution in [-0.2, 0) is 12.5 Å². The number of rotatable bonds is 3. The molecule has 1 heterocycles. The van der Waals surface area contributed by atoms with Crippen molar-refractivity contribution in [2.45, 2.75) is 38.5 Å². The Bertz CT molecular complexity index is 353. The first-order valence-electron chi connectivity index (χ1n) is 5.29. The van der Waals surface area contributed by atoms with E-state index in [0.29, 0.717) is 11.3 Å². The van der Waals surface area contributed by atoms with E-state index in [0.717, 1.165) is 0 Å². The molecule has 0 saturated carbocycles. The van der Waals surface area contributed by atoms with Gasteiger partial charge in [-0.1, -0.05) is 20.8 Å².